The van der Waals surface area contributed by atoms with Gasteiger partial charge < -0.3 is 10.2 Å². The Balaban J connectivity index is 1.23. The molecule has 1 aliphatic heterocycles. The molecule has 1 fully saturated rings. The quantitative estimate of drug-likeness (QED) is 0.504. The molecule has 32 heavy (non-hydrogen) atoms. The van der Waals surface area contributed by atoms with Gasteiger partial charge >= 0.3 is 6.03 Å². The summed E-state index contributed by atoms with van der Waals surface area (Å²) in [5, 5.41) is 8.22. The number of likely N-dealkylation sites (tertiary alicyclic amines) is 1. The highest BCUT2D eigenvalue weighted by molar-refractivity contribution is 7.14. The standard InChI is InChI=1S/C24H25ClN4O2S/c25-19-7-4-8-20(14-19)26-23(31)28-24-27-21(16-32-24)15-22(30)29-11-9-18(10-12-29)13-17-5-2-1-3-6-17/h1-8,14,16,18H,9-13,15H2,(H2,26,27,28,31). The van der Waals surface area contributed by atoms with Crippen LogP contribution in [0, 0.1) is 5.92 Å². The van der Waals surface area contributed by atoms with E-state index < -0.39 is 6.03 Å². The molecule has 0 aliphatic carbocycles. The second kappa shape index (κ2) is 10.6. The SMILES string of the molecule is O=C(Nc1cccc(Cl)c1)Nc1nc(CC(=O)N2CCC(Cc3ccccc3)CC2)cs1. The van der Waals surface area contributed by atoms with E-state index in [9.17, 15) is 9.59 Å². The highest BCUT2D eigenvalue weighted by atomic mass is 35.5. The Hall–Kier alpha value is -2.90. The number of aromatic nitrogens is 1. The molecule has 1 saturated heterocycles. The number of nitrogens with zero attached hydrogens (tertiary/aromatic N) is 2. The highest BCUT2D eigenvalue weighted by Crippen LogP contribution is 2.23. The van der Waals surface area contributed by atoms with E-state index in [0.29, 0.717) is 27.5 Å². The summed E-state index contributed by atoms with van der Waals surface area (Å²) >= 11 is 7.23. The topological polar surface area (TPSA) is 74.3 Å². The van der Waals surface area contributed by atoms with Crippen molar-refractivity contribution in [2.75, 3.05) is 23.7 Å². The van der Waals surface area contributed by atoms with Crippen LogP contribution in [0.15, 0.2) is 60.0 Å². The summed E-state index contributed by atoms with van der Waals surface area (Å²) in [4.78, 5) is 31.2. The van der Waals surface area contributed by atoms with Crippen molar-refractivity contribution in [1.29, 1.82) is 0 Å². The zero-order valence-electron chi connectivity index (χ0n) is 17.6. The van der Waals surface area contributed by atoms with Gasteiger partial charge in [0.05, 0.1) is 12.1 Å². The molecule has 0 unspecified atom stereocenters. The molecule has 166 valence electrons. The Bertz CT molecular complexity index is 1060. The van der Waals surface area contributed by atoms with Gasteiger partial charge in [-0.15, -0.1) is 11.3 Å². The fourth-order valence-electron chi connectivity index (χ4n) is 3.87. The highest BCUT2D eigenvalue weighted by Gasteiger charge is 2.23. The first kappa shape index (κ1) is 22.3. The molecule has 0 radical (unpaired) electrons. The minimum atomic E-state index is -0.403. The molecule has 4 rings (SSSR count). The Kier molecular flexibility index (Phi) is 7.39. The van der Waals surface area contributed by atoms with Crippen LogP contribution in [-0.4, -0.2) is 34.9 Å². The fourth-order valence-corrected chi connectivity index (χ4v) is 4.77. The lowest BCUT2D eigenvalue weighted by molar-refractivity contribution is -0.131. The van der Waals surface area contributed by atoms with Crippen LogP contribution in [0.3, 0.4) is 0 Å². The average molecular weight is 469 g/mol. The minimum Gasteiger partial charge on any atom is -0.342 e. The summed E-state index contributed by atoms with van der Waals surface area (Å²) in [6.45, 7) is 1.57. The van der Waals surface area contributed by atoms with Crippen molar-refractivity contribution in [2.45, 2.75) is 25.7 Å². The van der Waals surface area contributed by atoms with E-state index in [2.05, 4.69) is 39.9 Å². The van der Waals surface area contributed by atoms with E-state index in [1.807, 2.05) is 16.3 Å². The van der Waals surface area contributed by atoms with Crippen molar-refractivity contribution >= 4 is 45.7 Å². The van der Waals surface area contributed by atoms with Crippen molar-refractivity contribution < 1.29 is 9.59 Å². The number of thiazole rings is 1. The lowest BCUT2D eigenvalue weighted by Crippen LogP contribution is -2.39. The van der Waals surface area contributed by atoms with Gasteiger partial charge in [-0.3, -0.25) is 10.1 Å². The first-order valence-corrected chi connectivity index (χ1v) is 11.9. The maximum atomic E-state index is 12.7. The van der Waals surface area contributed by atoms with Gasteiger partial charge in [0.2, 0.25) is 5.91 Å². The molecule has 0 saturated carbocycles. The molecule has 2 N–H and O–H groups in total. The largest absolute Gasteiger partial charge is 0.342 e. The summed E-state index contributed by atoms with van der Waals surface area (Å²) in [7, 11) is 0. The van der Waals surface area contributed by atoms with Crippen LogP contribution in [0.4, 0.5) is 15.6 Å². The summed E-state index contributed by atoms with van der Waals surface area (Å²) < 4.78 is 0. The molecule has 3 aromatic rings. The number of urea groups is 1. The third-order valence-electron chi connectivity index (χ3n) is 5.52. The van der Waals surface area contributed by atoms with Crippen molar-refractivity contribution in [3.63, 3.8) is 0 Å². The predicted molar refractivity (Wildman–Crippen MR) is 129 cm³/mol. The van der Waals surface area contributed by atoms with Crippen LogP contribution in [0.1, 0.15) is 24.1 Å². The monoisotopic (exact) mass is 468 g/mol. The van der Waals surface area contributed by atoms with Crippen LogP contribution < -0.4 is 10.6 Å². The summed E-state index contributed by atoms with van der Waals surface area (Å²) in [5.41, 5.74) is 2.63. The first-order valence-electron chi connectivity index (χ1n) is 10.6. The summed E-state index contributed by atoms with van der Waals surface area (Å²) in [6.07, 6.45) is 3.36. The van der Waals surface area contributed by atoms with Crippen molar-refractivity contribution in [3.8, 4) is 0 Å². The number of nitrogens with one attached hydrogen (secondary N) is 2. The Morgan fingerprint density at radius 2 is 1.84 bits per heavy atom. The van der Waals surface area contributed by atoms with E-state index in [-0.39, 0.29) is 12.3 Å². The normalized spacial score (nSPS) is 14.2. The summed E-state index contributed by atoms with van der Waals surface area (Å²) in [5.74, 6) is 0.706. The predicted octanol–water partition coefficient (Wildman–Crippen LogP) is 5.46. The number of anilines is 2. The Morgan fingerprint density at radius 1 is 1.06 bits per heavy atom. The van der Waals surface area contributed by atoms with Gasteiger partial charge in [-0.25, -0.2) is 9.78 Å². The van der Waals surface area contributed by atoms with Gasteiger partial charge in [-0.1, -0.05) is 48.0 Å². The molecule has 6 nitrogen and oxygen atoms in total. The lowest BCUT2D eigenvalue weighted by Gasteiger charge is -2.32. The average Bonchev–Trinajstić information content (AvgIpc) is 3.21. The molecule has 0 bridgehead atoms. The number of carbonyl (C=O) groups is 2. The van der Waals surface area contributed by atoms with Crippen molar-refractivity contribution in [3.05, 3.63) is 76.3 Å². The van der Waals surface area contributed by atoms with E-state index in [4.69, 9.17) is 11.6 Å². The zero-order chi connectivity index (χ0) is 22.3. The maximum Gasteiger partial charge on any atom is 0.325 e. The number of carbonyl (C=O) groups excluding carboxylic acids is 2. The summed E-state index contributed by atoms with van der Waals surface area (Å²) in [6, 6.07) is 17.0. The number of benzene rings is 2. The Morgan fingerprint density at radius 3 is 2.59 bits per heavy atom. The van der Waals surface area contributed by atoms with E-state index >= 15 is 0 Å². The molecule has 1 aromatic heterocycles. The number of hydrogen-bond acceptors (Lipinski definition) is 4. The number of rotatable bonds is 6. The van der Waals surface area contributed by atoms with E-state index in [1.54, 1.807) is 24.3 Å². The molecule has 0 spiro atoms. The van der Waals surface area contributed by atoms with Crippen LogP contribution in [0.2, 0.25) is 5.02 Å². The second-order valence-electron chi connectivity index (χ2n) is 7.92. The van der Waals surface area contributed by atoms with Crippen LogP contribution in [-0.2, 0) is 17.6 Å². The van der Waals surface area contributed by atoms with Gasteiger partial charge in [-0.05, 0) is 48.9 Å². The molecular weight excluding hydrogens is 444 g/mol. The van der Waals surface area contributed by atoms with Crippen LogP contribution in [0.25, 0.3) is 0 Å². The third-order valence-corrected chi connectivity index (χ3v) is 6.56. The molecule has 2 heterocycles. The molecule has 3 amide bonds. The van der Waals surface area contributed by atoms with Gasteiger partial charge in [0.15, 0.2) is 5.13 Å². The smallest absolute Gasteiger partial charge is 0.325 e. The van der Waals surface area contributed by atoms with Crippen LogP contribution >= 0.6 is 22.9 Å². The third kappa shape index (κ3) is 6.31. The zero-order valence-corrected chi connectivity index (χ0v) is 19.2. The van der Waals surface area contributed by atoms with E-state index in [1.165, 1.54) is 16.9 Å². The van der Waals surface area contributed by atoms with Crippen LogP contribution in [0.5, 0.6) is 0 Å². The van der Waals surface area contributed by atoms with Gasteiger partial charge in [0, 0.05) is 29.2 Å². The van der Waals surface area contributed by atoms with Crippen molar-refractivity contribution in [1.82, 2.24) is 9.88 Å². The van der Waals surface area contributed by atoms with Gasteiger partial charge in [-0.2, -0.15) is 0 Å². The molecular formula is C24H25ClN4O2S. The molecule has 2 aromatic carbocycles. The van der Waals surface area contributed by atoms with Gasteiger partial charge in [0.1, 0.15) is 0 Å². The minimum absolute atomic E-state index is 0.0865. The van der Waals surface area contributed by atoms with Gasteiger partial charge in [0.25, 0.3) is 0 Å². The number of piperidine rings is 1. The van der Waals surface area contributed by atoms with Crippen molar-refractivity contribution in [2.24, 2.45) is 5.92 Å². The second-order valence-corrected chi connectivity index (χ2v) is 9.22. The lowest BCUT2D eigenvalue weighted by atomic mass is 9.90. The number of halogens is 1. The molecule has 8 heteroatoms. The molecule has 1 aliphatic rings. The number of hydrogen-bond donors (Lipinski definition) is 2. The fraction of sp³-hybridized carbons (Fsp3) is 0.292. The van der Waals surface area contributed by atoms with E-state index in [0.717, 1.165) is 32.4 Å². The molecule has 0 atom stereocenters. The first-order chi connectivity index (χ1) is 15.5. The maximum absolute atomic E-state index is 12.7. The Labute approximate surface area is 196 Å². The number of amides is 3.